The van der Waals surface area contributed by atoms with E-state index in [1.165, 1.54) is 12.1 Å². The molecule has 32 heavy (non-hydrogen) atoms. The standard InChI is InChI=1S/C21H28FN5O4S/c22-18-11-19-12(7-17(18)21(24)29)8-20(28)26(19)16-9-14-1-2-15(10-16)27(14)32(30,31)25-5-3-13(23)4-6-25/h7,11,13-16H,1-6,8-10,23H2,(H2,24,29). The van der Waals surface area contributed by atoms with Gasteiger partial charge in [-0.15, -0.1) is 0 Å². The second-order valence-electron chi connectivity index (χ2n) is 9.35. The smallest absolute Gasteiger partial charge is 0.282 e. The molecule has 0 aromatic heterocycles. The Morgan fingerprint density at radius 1 is 1.03 bits per heavy atom. The van der Waals surface area contributed by atoms with Crippen molar-refractivity contribution in [3.8, 4) is 0 Å². The van der Waals surface area contributed by atoms with E-state index in [1.807, 2.05) is 0 Å². The first-order valence-corrected chi connectivity index (χ1v) is 12.5. The molecule has 9 nitrogen and oxygen atoms in total. The number of primary amides is 1. The van der Waals surface area contributed by atoms with Crippen molar-refractivity contribution in [2.45, 2.75) is 69.1 Å². The Labute approximate surface area is 186 Å². The fourth-order valence-corrected chi connectivity index (χ4v) is 7.95. The topological polar surface area (TPSA) is 130 Å². The van der Waals surface area contributed by atoms with Crippen LogP contribution in [0.25, 0.3) is 0 Å². The van der Waals surface area contributed by atoms with Gasteiger partial charge in [0.25, 0.3) is 16.1 Å². The predicted octanol–water partition coefficient (Wildman–Crippen LogP) is 0.477. The molecule has 1 aromatic carbocycles. The minimum Gasteiger partial charge on any atom is -0.366 e. The van der Waals surface area contributed by atoms with E-state index in [0.717, 1.165) is 12.8 Å². The zero-order chi connectivity index (χ0) is 22.8. The Morgan fingerprint density at radius 2 is 1.66 bits per heavy atom. The van der Waals surface area contributed by atoms with Crippen molar-refractivity contribution in [3.05, 3.63) is 29.1 Å². The van der Waals surface area contributed by atoms with Crippen molar-refractivity contribution in [1.82, 2.24) is 8.61 Å². The maximum Gasteiger partial charge on any atom is 0.282 e. The average Bonchev–Trinajstić information content (AvgIpc) is 3.20. The Morgan fingerprint density at radius 3 is 2.25 bits per heavy atom. The van der Waals surface area contributed by atoms with Crippen LogP contribution in [0.5, 0.6) is 0 Å². The van der Waals surface area contributed by atoms with Gasteiger partial charge in [-0.1, -0.05) is 0 Å². The number of nitrogens with zero attached hydrogens (tertiary/aromatic N) is 3. The molecular weight excluding hydrogens is 437 g/mol. The normalized spacial score (nSPS) is 29.5. The molecule has 3 saturated heterocycles. The quantitative estimate of drug-likeness (QED) is 0.668. The number of halogens is 1. The zero-order valence-electron chi connectivity index (χ0n) is 17.7. The van der Waals surface area contributed by atoms with Crippen molar-refractivity contribution in [1.29, 1.82) is 0 Å². The summed E-state index contributed by atoms with van der Waals surface area (Å²) in [6.07, 6.45) is 3.90. The summed E-state index contributed by atoms with van der Waals surface area (Å²) < 4.78 is 44.4. The molecule has 4 aliphatic heterocycles. The van der Waals surface area contributed by atoms with Gasteiger partial charge < -0.3 is 16.4 Å². The van der Waals surface area contributed by atoms with E-state index in [0.29, 0.717) is 50.0 Å². The number of fused-ring (bicyclic) bond motifs is 3. The van der Waals surface area contributed by atoms with E-state index in [-0.39, 0.29) is 42.1 Å². The van der Waals surface area contributed by atoms with Gasteiger partial charge in [0.1, 0.15) is 5.82 Å². The molecule has 4 aliphatic rings. The Balaban J connectivity index is 1.38. The second kappa shape index (κ2) is 7.75. The van der Waals surface area contributed by atoms with Crippen LogP contribution in [0.15, 0.2) is 12.1 Å². The van der Waals surface area contributed by atoms with Crippen LogP contribution in [0.1, 0.15) is 54.4 Å². The van der Waals surface area contributed by atoms with Crippen molar-refractivity contribution >= 4 is 27.7 Å². The Bertz CT molecular complexity index is 1060. The summed E-state index contributed by atoms with van der Waals surface area (Å²) in [5.74, 6) is -1.78. The van der Waals surface area contributed by atoms with Gasteiger partial charge in [-0.2, -0.15) is 17.0 Å². The molecule has 174 valence electrons. The number of hydrogen-bond donors (Lipinski definition) is 2. The van der Waals surface area contributed by atoms with Crippen molar-refractivity contribution in [3.63, 3.8) is 0 Å². The summed E-state index contributed by atoms with van der Waals surface area (Å²) in [5, 5.41) is 0. The lowest BCUT2D eigenvalue weighted by atomic mass is 9.97. The summed E-state index contributed by atoms with van der Waals surface area (Å²) in [6.45, 7) is 0.866. The predicted molar refractivity (Wildman–Crippen MR) is 115 cm³/mol. The third-order valence-corrected chi connectivity index (χ3v) is 9.55. The lowest BCUT2D eigenvalue weighted by Crippen LogP contribution is -2.57. The monoisotopic (exact) mass is 465 g/mol. The van der Waals surface area contributed by atoms with Gasteiger partial charge in [-0.25, -0.2) is 4.39 Å². The Hall–Kier alpha value is -2.08. The van der Waals surface area contributed by atoms with E-state index in [4.69, 9.17) is 11.5 Å². The van der Waals surface area contributed by atoms with Crippen LogP contribution < -0.4 is 16.4 Å². The molecule has 1 aromatic rings. The van der Waals surface area contributed by atoms with E-state index < -0.39 is 21.9 Å². The van der Waals surface area contributed by atoms with Crippen molar-refractivity contribution in [2.75, 3.05) is 18.0 Å². The summed E-state index contributed by atoms with van der Waals surface area (Å²) in [5.41, 5.74) is 12.0. The van der Waals surface area contributed by atoms with Gasteiger partial charge in [0.2, 0.25) is 5.91 Å². The van der Waals surface area contributed by atoms with Gasteiger partial charge >= 0.3 is 0 Å². The number of amides is 2. The van der Waals surface area contributed by atoms with Gasteiger partial charge in [0, 0.05) is 37.3 Å². The summed E-state index contributed by atoms with van der Waals surface area (Å²) >= 11 is 0. The van der Waals surface area contributed by atoms with Crippen LogP contribution in [-0.4, -0.2) is 66.1 Å². The Kier molecular flexibility index (Phi) is 5.27. The van der Waals surface area contributed by atoms with E-state index in [2.05, 4.69) is 0 Å². The molecule has 2 atom stereocenters. The van der Waals surface area contributed by atoms with Gasteiger partial charge in [0.15, 0.2) is 0 Å². The minimum absolute atomic E-state index is 0.0423. The number of nitrogens with two attached hydrogens (primary N) is 2. The van der Waals surface area contributed by atoms with Crippen LogP contribution in [0.2, 0.25) is 0 Å². The summed E-state index contributed by atoms with van der Waals surface area (Å²) in [6, 6.07) is 2.03. The highest BCUT2D eigenvalue weighted by atomic mass is 32.2. The molecular formula is C21H28FN5O4S. The molecule has 11 heteroatoms. The van der Waals surface area contributed by atoms with Gasteiger partial charge in [-0.3, -0.25) is 9.59 Å². The molecule has 0 aliphatic carbocycles. The van der Waals surface area contributed by atoms with E-state index >= 15 is 0 Å². The first-order chi connectivity index (χ1) is 15.2. The second-order valence-corrected chi connectivity index (χ2v) is 11.2. The number of rotatable bonds is 4. The first-order valence-electron chi connectivity index (χ1n) is 11.1. The molecule has 4 heterocycles. The molecule has 0 radical (unpaired) electrons. The van der Waals surface area contributed by atoms with Crippen molar-refractivity contribution < 1.29 is 22.4 Å². The zero-order valence-corrected chi connectivity index (χ0v) is 18.6. The molecule has 2 amide bonds. The highest BCUT2D eigenvalue weighted by molar-refractivity contribution is 7.86. The summed E-state index contributed by atoms with van der Waals surface area (Å²) in [7, 11) is -3.59. The largest absolute Gasteiger partial charge is 0.366 e. The SMILES string of the molecule is NC(=O)c1cc2c(cc1F)N(C1CC3CCC(C1)N3S(=O)(=O)N1CCC(N)CC1)C(=O)C2. The van der Waals surface area contributed by atoms with Crippen LogP contribution in [0, 0.1) is 5.82 Å². The maximum absolute atomic E-state index is 14.4. The fourth-order valence-electron chi connectivity index (χ4n) is 5.88. The number of benzene rings is 1. The molecule has 0 saturated carbocycles. The third kappa shape index (κ3) is 3.42. The van der Waals surface area contributed by atoms with Gasteiger partial charge in [-0.05, 0) is 56.2 Å². The lowest BCUT2D eigenvalue weighted by molar-refractivity contribution is -0.118. The fraction of sp³-hybridized carbons (Fsp3) is 0.619. The number of carbonyl (C=O) groups excluding carboxylic acids is 2. The molecule has 5 rings (SSSR count). The number of hydrogen-bond acceptors (Lipinski definition) is 5. The molecule has 3 fully saturated rings. The average molecular weight is 466 g/mol. The van der Waals surface area contributed by atoms with Crippen molar-refractivity contribution in [2.24, 2.45) is 11.5 Å². The minimum atomic E-state index is -3.59. The van der Waals surface area contributed by atoms with Crippen LogP contribution in [-0.2, 0) is 21.4 Å². The summed E-state index contributed by atoms with van der Waals surface area (Å²) in [4.78, 5) is 25.9. The number of piperidine rings is 2. The van der Waals surface area contributed by atoms with E-state index in [1.54, 1.807) is 13.5 Å². The third-order valence-electron chi connectivity index (χ3n) is 7.40. The molecule has 4 N–H and O–H groups in total. The molecule has 2 bridgehead atoms. The highest BCUT2D eigenvalue weighted by Gasteiger charge is 2.51. The highest BCUT2D eigenvalue weighted by Crippen LogP contribution is 2.44. The van der Waals surface area contributed by atoms with Crippen LogP contribution >= 0.6 is 0 Å². The molecule has 0 spiro atoms. The van der Waals surface area contributed by atoms with Gasteiger partial charge in [0.05, 0.1) is 17.7 Å². The lowest BCUT2D eigenvalue weighted by Gasteiger charge is -2.43. The van der Waals surface area contributed by atoms with Crippen LogP contribution in [0.4, 0.5) is 10.1 Å². The molecule has 2 unspecified atom stereocenters. The maximum atomic E-state index is 14.4. The first kappa shape index (κ1) is 21.7. The van der Waals surface area contributed by atoms with Crippen LogP contribution in [0.3, 0.4) is 0 Å². The van der Waals surface area contributed by atoms with E-state index in [9.17, 15) is 22.4 Å². The number of anilines is 1. The number of carbonyl (C=O) groups is 2.